The maximum absolute atomic E-state index is 13.7. The first-order chi connectivity index (χ1) is 12.6. The fourth-order valence-corrected chi connectivity index (χ4v) is 3.34. The Morgan fingerprint density at radius 2 is 1.11 bits per heavy atom. The number of rotatable bonds is 2. The lowest BCUT2D eigenvalue weighted by Crippen LogP contribution is -2.35. The van der Waals surface area contributed by atoms with E-state index in [1.54, 1.807) is 0 Å². The van der Waals surface area contributed by atoms with Crippen LogP contribution in [0.25, 0.3) is 22.5 Å². The first-order valence-electron chi connectivity index (χ1n) is 8.75. The molecule has 2 heterocycles. The van der Waals surface area contributed by atoms with Crippen LogP contribution in [0.15, 0.2) is 48.5 Å². The Kier molecular flexibility index (Phi) is 4.81. The lowest BCUT2D eigenvalue weighted by Gasteiger charge is -2.15. The highest BCUT2D eigenvalue weighted by molar-refractivity contribution is 5.74. The number of aromatic nitrogens is 2. The molecular weight excluding hydrogens is 349 g/mol. The topological polar surface area (TPSA) is 7.76 Å². The average Bonchev–Trinajstić information content (AvgIpc) is 2.59. The van der Waals surface area contributed by atoms with E-state index in [-0.39, 0.29) is 0 Å². The van der Waals surface area contributed by atoms with Gasteiger partial charge in [-0.2, -0.15) is 22.3 Å². The van der Waals surface area contributed by atoms with E-state index in [4.69, 9.17) is 0 Å². The van der Waals surface area contributed by atoms with E-state index in [2.05, 4.69) is 0 Å². The molecule has 3 aromatic rings. The van der Waals surface area contributed by atoms with E-state index in [1.165, 1.54) is 12.1 Å². The van der Waals surface area contributed by atoms with Crippen molar-refractivity contribution in [3.8, 4) is 22.5 Å². The molecule has 3 rings (SSSR count). The van der Waals surface area contributed by atoms with Crippen molar-refractivity contribution in [2.75, 3.05) is 0 Å². The number of hydrogen-bond donors (Lipinski definition) is 0. The third-order valence-electron chi connectivity index (χ3n) is 5.25. The maximum atomic E-state index is 13.7. The van der Waals surface area contributed by atoms with E-state index in [0.717, 1.165) is 28.3 Å². The van der Waals surface area contributed by atoms with Gasteiger partial charge in [0, 0.05) is 38.1 Å². The van der Waals surface area contributed by atoms with Crippen molar-refractivity contribution in [2.24, 2.45) is 14.1 Å². The molecule has 1 aromatic carbocycles. The molecule has 0 N–H and O–H groups in total. The molecule has 0 aliphatic rings. The first-order valence-corrected chi connectivity index (χ1v) is 8.75. The Labute approximate surface area is 157 Å². The standard InChI is InChI=1S/C22H23F3N2/c1-14-8-6-10-20(26(14)4)18-12-17(22(23,24)25)13-19(16(18)3)21-11-7-9-15(2)27(21)5/h6-13H,1-5H3/q+2. The number of nitrogens with zero attached hydrogens (tertiary/aromatic N) is 2. The molecule has 0 saturated carbocycles. The third-order valence-corrected chi connectivity index (χ3v) is 5.25. The van der Waals surface area contributed by atoms with E-state index >= 15 is 0 Å². The summed E-state index contributed by atoms with van der Waals surface area (Å²) in [5, 5.41) is 0. The molecule has 0 radical (unpaired) electrons. The van der Waals surface area contributed by atoms with Crippen molar-refractivity contribution in [1.29, 1.82) is 0 Å². The van der Waals surface area contributed by atoms with Crippen LogP contribution in [-0.2, 0) is 20.3 Å². The molecule has 0 amide bonds. The van der Waals surface area contributed by atoms with Crippen LogP contribution in [0, 0.1) is 20.8 Å². The van der Waals surface area contributed by atoms with Crippen LogP contribution in [0.1, 0.15) is 22.5 Å². The minimum atomic E-state index is -4.41. The van der Waals surface area contributed by atoms with E-state index < -0.39 is 11.7 Å². The van der Waals surface area contributed by atoms with Crippen molar-refractivity contribution in [3.63, 3.8) is 0 Å². The van der Waals surface area contributed by atoms with Gasteiger partial charge in [-0.1, -0.05) is 0 Å². The number of pyridine rings is 2. The molecule has 0 fully saturated rings. The predicted molar refractivity (Wildman–Crippen MR) is 98.9 cm³/mol. The van der Waals surface area contributed by atoms with Crippen LogP contribution >= 0.6 is 0 Å². The van der Waals surface area contributed by atoms with Crippen LogP contribution in [0.3, 0.4) is 0 Å². The predicted octanol–water partition coefficient (Wildman–Crippen LogP) is 4.61. The van der Waals surface area contributed by atoms with Crippen LogP contribution in [0.2, 0.25) is 0 Å². The number of halogens is 3. The molecule has 27 heavy (non-hydrogen) atoms. The highest BCUT2D eigenvalue weighted by Crippen LogP contribution is 2.37. The molecular formula is C22H23F3N2+2. The summed E-state index contributed by atoms with van der Waals surface area (Å²) in [6.07, 6.45) is -4.41. The zero-order chi connectivity index (χ0) is 19.9. The number of benzene rings is 1. The summed E-state index contributed by atoms with van der Waals surface area (Å²) in [5.74, 6) is 0. The number of hydrogen-bond acceptors (Lipinski definition) is 0. The molecule has 0 saturated heterocycles. The monoisotopic (exact) mass is 372 g/mol. The van der Waals surface area contributed by atoms with Gasteiger partial charge in [-0.05, 0) is 36.8 Å². The summed E-state index contributed by atoms with van der Waals surface area (Å²) >= 11 is 0. The largest absolute Gasteiger partial charge is 0.416 e. The van der Waals surface area contributed by atoms with Crippen molar-refractivity contribution in [3.05, 3.63) is 71.0 Å². The number of aryl methyl sites for hydroxylation is 2. The molecule has 5 heteroatoms. The van der Waals surface area contributed by atoms with Crippen LogP contribution < -0.4 is 9.13 Å². The zero-order valence-corrected chi connectivity index (χ0v) is 16.1. The van der Waals surface area contributed by atoms with Crippen LogP contribution in [-0.4, -0.2) is 0 Å². The second-order valence-electron chi connectivity index (χ2n) is 6.92. The quantitative estimate of drug-likeness (QED) is 0.580. The Balaban J connectivity index is 2.39. The molecule has 0 aliphatic carbocycles. The van der Waals surface area contributed by atoms with Gasteiger partial charge >= 0.3 is 6.18 Å². The Hall–Kier alpha value is -2.69. The van der Waals surface area contributed by atoms with Gasteiger partial charge in [-0.15, -0.1) is 0 Å². The normalized spacial score (nSPS) is 11.7. The summed E-state index contributed by atoms with van der Waals surface area (Å²) < 4.78 is 44.8. The smallest absolute Gasteiger partial charge is 0.199 e. The minimum Gasteiger partial charge on any atom is -0.199 e. The fraction of sp³-hybridized carbons (Fsp3) is 0.273. The molecule has 0 unspecified atom stereocenters. The Morgan fingerprint density at radius 1 is 0.704 bits per heavy atom. The Bertz CT molecular complexity index is 948. The molecule has 2 nitrogen and oxygen atoms in total. The van der Waals surface area contributed by atoms with Gasteiger partial charge in [-0.3, -0.25) is 0 Å². The summed E-state index contributed by atoms with van der Waals surface area (Å²) in [5.41, 5.74) is 4.84. The first kappa shape index (κ1) is 19.1. The third kappa shape index (κ3) is 3.46. The van der Waals surface area contributed by atoms with Crippen LogP contribution in [0.5, 0.6) is 0 Å². The second-order valence-corrected chi connectivity index (χ2v) is 6.92. The molecule has 0 bridgehead atoms. The molecule has 0 aliphatic heterocycles. The Morgan fingerprint density at radius 3 is 1.48 bits per heavy atom. The van der Waals surface area contributed by atoms with Crippen molar-refractivity contribution >= 4 is 0 Å². The SMILES string of the molecule is Cc1c(-c2cccc(C)[n+]2C)cc(C(F)(F)F)cc1-c1cccc(C)[n+]1C. The van der Waals surface area contributed by atoms with Gasteiger partial charge in [-0.25, -0.2) is 0 Å². The van der Waals surface area contributed by atoms with Gasteiger partial charge in [0.15, 0.2) is 11.4 Å². The lowest BCUT2D eigenvalue weighted by molar-refractivity contribution is -0.666. The summed E-state index contributed by atoms with van der Waals surface area (Å²) in [4.78, 5) is 0. The summed E-state index contributed by atoms with van der Waals surface area (Å²) in [7, 11) is 3.74. The number of alkyl halides is 3. The summed E-state index contributed by atoms with van der Waals surface area (Å²) in [6.45, 7) is 5.76. The molecule has 140 valence electrons. The van der Waals surface area contributed by atoms with Gasteiger partial charge in [0.1, 0.15) is 14.1 Å². The van der Waals surface area contributed by atoms with Gasteiger partial charge in [0.2, 0.25) is 11.4 Å². The lowest BCUT2D eigenvalue weighted by atomic mass is 9.93. The molecule has 0 atom stereocenters. The average molecular weight is 372 g/mol. The van der Waals surface area contributed by atoms with Crippen molar-refractivity contribution < 1.29 is 22.3 Å². The van der Waals surface area contributed by atoms with Gasteiger partial charge in [0.25, 0.3) is 0 Å². The zero-order valence-electron chi connectivity index (χ0n) is 16.1. The maximum Gasteiger partial charge on any atom is 0.416 e. The van der Waals surface area contributed by atoms with E-state index in [0.29, 0.717) is 11.1 Å². The highest BCUT2D eigenvalue weighted by atomic mass is 19.4. The highest BCUT2D eigenvalue weighted by Gasteiger charge is 2.34. The van der Waals surface area contributed by atoms with Crippen molar-refractivity contribution in [1.82, 2.24) is 0 Å². The van der Waals surface area contributed by atoms with E-state index in [9.17, 15) is 13.2 Å². The minimum absolute atomic E-state index is 0.590. The van der Waals surface area contributed by atoms with E-state index in [1.807, 2.05) is 80.4 Å². The second kappa shape index (κ2) is 6.80. The van der Waals surface area contributed by atoms with Crippen LogP contribution in [0.4, 0.5) is 13.2 Å². The van der Waals surface area contributed by atoms with Crippen molar-refractivity contribution in [2.45, 2.75) is 26.9 Å². The molecule has 2 aromatic heterocycles. The van der Waals surface area contributed by atoms with Gasteiger partial charge < -0.3 is 0 Å². The van der Waals surface area contributed by atoms with Gasteiger partial charge in [0.05, 0.1) is 16.7 Å². The summed E-state index contributed by atoms with van der Waals surface area (Å²) in [6, 6.07) is 13.8. The fourth-order valence-electron chi connectivity index (χ4n) is 3.34. The molecule has 0 spiro atoms.